The molecule has 3 nitrogen and oxygen atoms in total. The van der Waals surface area contributed by atoms with Crippen LogP contribution in [-0.2, 0) is 11.2 Å². The Bertz CT molecular complexity index is 443. The highest BCUT2D eigenvalue weighted by atomic mass is 19.4. The molecule has 0 aromatic heterocycles. The number of hydrogen-bond acceptors (Lipinski definition) is 2. The molecule has 1 aromatic rings. The lowest BCUT2D eigenvalue weighted by Gasteiger charge is -2.18. The lowest BCUT2D eigenvalue weighted by atomic mass is 10.1. The second-order valence-electron chi connectivity index (χ2n) is 3.73. The number of amides is 1. The first-order valence-corrected chi connectivity index (χ1v) is 5.11. The number of benzene rings is 1. The standard InChI is InChI=1S/C11H10F3NO2/c12-11(13,14)10(16)15-8-3-4-9-7(6-8)2-1-5-17-9/h3-4,6H,1-2,5H2,(H,15,16). The first-order chi connectivity index (χ1) is 7.97. The highest BCUT2D eigenvalue weighted by molar-refractivity contribution is 5.95. The zero-order chi connectivity index (χ0) is 12.5. The number of hydrogen-bond donors (Lipinski definition) is 1. The number of carbonyl (C=O) groups excluding carboxylic acids is 1. The van der Waals surface area contributed by atoms with E-state index in [4.69, 9.17) is 4.74 Å². The molecular formula is C11H10F3NO2. The monoisotopic (exact) mass is 245 g/mol. The molecule has 2 rings (SSSR count). The number of fused-ring (bicyclic) bond motifs is 1. The van der Waals surface area contributed by atoms with Gasteiger partial charge in [0.05, 0.1) is 6.61 Å². The largest absolute Gasteiger partial charge is 0.493 e. The smallest absolute Gasteiger partial charge is 0.471 e. The van der Waals surface area contributed by atoms with Gasteiger partial charge in [0.1, 0.15) is 5.75 Å². The van der Waals surface area contributed by atoms with Crippen LogP contribution in [0.4, 0.5) is 18.9 Å². The fraction of sp³-hybridized carbons (Fsp3) is 0.364. The number of halogens is 3. The van der Waals surface area contributed by atoms with Crippen LogP contribution in [0.2, 0.25) is 0 Å². The molecule has 0 spiro atoms. The third kappa shape index (κ3) is 2.69. The number of carbonyl (C=O) groups is 1. The van der Waals surface area contributed by atoms with E-state index in [2.05, 4.69) is 0 Å². The van der Waals surface area contributed by atoms with Crippen molar-refractivity contribution in [1.82, 2.24) is 0 Å². The Labute approximate surface area is 95.6 Å². The zero-order valence-electron chi connectivity index (χ0n) is 8.80. The highest BCUT2D eigenvalue weighted by Gasteiger charge is 2.38. The summed E-state index contributed by atoms with van der Waals surface area (Å²) < 4.78 is 41.4. The minimum Gasteiger partial charge on any atom is -0.493 e. The van der Waals surface area contributed by atoms with Gasteiger partial charge in [0.25, 0.3) is 0 Å². The van der Waals surface area contributed by atoms with Gasteiger partial charge in [-0.05, 0) is 36.6 Å². The maximum absolute atomic E-state index is 12.0. The van der Waals surface area contributed by atoms with E-state index < -0.39 is 12.1 Å². The molecule has 1 aliphatic rings. The molecule has 0 bridgehead atoms. The van der Waals surface area contributed by atoms with Crippen LogP contribution in [0.25, 0.3) is 0 Å². The fourth-order valence-electron chi connectivity index (χ4n) is 1.64. The number of anilines is 1. The van der Waals surface area contributed by atoms with Gasteiger partial charge in [0.15, 0.2) is 0 Å². The summed E-state index contributed by atoms with van der Waals surface area (Å²) in [7, 11) is 0. The average Bonchev–Trinajstić information content (AvgIpc) is 2.27. The van der Waals surface area contributed by atoms with E-state index in [1.807, 2.05) is 5.32 Å². The Hall–Kier alpha value is -1.72. The van der Waals surface area contributed by atoms with Crippen molar-refractivity contribution in [3.05, 3.63) is 23.8 Å². The van der Waals surface area contributed by atoms with Gasteiger partial charge in [-0.15, -0.1) is 0 Å². The van der Waals surface area contributed by atoms with E-state index in [0.29, 0.717) is 12.4 Å². The van der Waals surface area contributed by atoms with Gasteiger partial charge >= 0.3 is 12.1 Å². The highest BCUT2D eigenvalue weighted by Crippen LogP contribution is 2.28. The third-order valence-electron chi connectivity index (χ3n) is 2.42. The summed E-state index contributed by atoms with van der Waals surface area (Å²) in [6.45, 7) is 0.612. The van der Waals surface area contributed by atoms with Crippen LogP contribution in [-0.4, -0.2) is 18.7 Å². The molecule has 0 unspecified atom stereocenters. The number of nitrogens with one attached hydrogen (secondary N) is 1. The van der Waals surface area contributed by atoms with Crippen molar-refractivity contribution in [3.63, 3.8) is 0 Å². The first-order valence-electron chi connectivity index (χ1n) is 5.11. The molecule has 0 radical (unpaired) electrons. The molecule has 1 amide bonds. The minimum atomic E-state index is -4.87. The van der Waals surface area contributed by atoms with Crippen LogP contribution >= 0.6 is 0 Å². The predicted molar refractivity (Wildman–Crippen MR) is 54.9 cm³/mol. The molecule has 0 fully saturated rings. The number of alkyl halides is 3. The topological polar surface area (TPSA) is 38.3 Å². The lowest BCUT2D eigenvalue weighted by molar-refractivity contribution is -0.167. The number of rotatable bonds is 1. The van der Waals surface area contributed by atoms with Crippen LogP contribution in [0.15, 0.2) is 18.2 Å². The molecule has 92 valence electrons. The van der Waals surface area contributed by atoms with Crippen molar-refractivity contribution in [3.8, 4) is 5.75 Å². The van der Waals surface area contributed by atoms with Crippen molar-refractivity contribution in [2.45, 2.75) is 19.0 Å². The SMILES string of the molecule is O=C(Nc1ccc2c(c1)CCCO2)C(F)(F)F. The van der Waals surface area contributed by atoms with Gasteiger partial charge in [-0.1, -0.05) is 0 Å². The van der Waals surface area contributed by atoms with Crippen molar-refractivity contribution < 1.29 is 22.7 Å². The number of ether oxygens (including phenoxy) is 1. The third-order valence-corrected chi connectivity index (χ3v) is 2.42. The minimum absolute atomic E-state index is 0.136. The van der Waals surface area contributed by atoms with Gasteiger partial charge in [-0.3, -0.25) is 4.79 Å². The van der Waals surface area contributed by atoms with E-state index in [-0.39, 0.29) is 5.69 Å². The molecule has 0 saturated heterocycles. The molecule has 1 aliphatic heterocycles. The maximum Gasteiger partial charge on any atom is 0.471 e. The maximum atomic E-state index is 12.0. The molecule has 1 aromatic carbocycles. The van der Waals surface area contributed by atoms with Crippen LogP contribution in [0.1, 0.15) is 12.0 Å². The molecule has 0 aliphatic carbocycles. The van der Waals surface area contributed by atoms with E-state index in [0.717, 1.165) is 18.4 Å². The molecule has 0 atom stereocenters. The average molecular weight is 245 g/mol. The van der Waals surface area contributed by atoms with Crippen molar-refractivity contribution >= 4 is 11.6 Å². The Morgan fingerprint density at radius 2 is 2.12 bits per heavy atom. The van der Waals surface area contributed by atoms with Gasteiger partial charge in [0, 0.05) is 5.69 Å². The van der Waals surface area contributed by atoms with Crippen LogP contribution in [0, 0.1) is 0 Å². The van der Waals surface area contributed by atoms with Gasteiger partial charge in [0.2, 0.25) is 0 Å². The molecule has 1 heterocycles. The Balaban J connectivity index is 2.15. The van der Waals surface area contributed by atoms with E-state index in [1.54, 1.807) is 6.07 Å². The normalized spacial score (nSPS) is 14.8. The summed E-state index contributed by atoms with van der Waals surface area (Å²) in [5.74, 6) is -1.30. The van der Waals surface area contributed by atoms with Crippen molar-refractivity contribution in [2.24, 2.45) is 0 Å². The Morgan fingerprint density at radius 1 is 1.35 bits per heavy atom. The lowest BCUT2D eigenvalue weighted by Crippen LogP contribution is -2.30. The van der Waals surface area contributed by atoms with Crippen molar-refractivity contribution in [1.29, 1.82) is 0 Å². The summed E-state index contributed by atoms with van der Waals surface area (Å²) >= 11 is 0. The zero-order valence-corrected chi connectivity index (χ0v) is 8.80. The quantitative estimate of drug-likeness (QED) is 0.825. The van der Waals surface area contributed by atoms with Gasteiger partial charge in [-0.2, -0.15) is 13.2 Å². The van der Waals surface area contributed by atoms with E-state index in [1.165, 1.54) is 12.1 Å². The van der Waals surface area contributed by atoms with Gasteiger partial charge < -0.3 is 10.1 Å². The van der Waals surface area contributed by atoms with Crippen LogP contribution in [0.3, 0.4) is 0 Å². The van der Waals surface area contributed by atoms with Crippen LogP contribution in [0.5, 0.6) is 5.75 Å². The number of aryl methyl sites for hydroxylation is 1. The molecular weight excluding hydrogens is 235 g/mol. The summed E-state index contributed by atoms with van der Waals surface area (Å²) in [5.41, 5.74) is 0.952. The van der Waals surface area contributed by atoms with Crippen LogP contribution < -0.4 is 10.1 Å². The molecule has 1 N–H and O–H groups in total. The predicted octanol–water partition coefficient (Wildman–Crippen LogP) is 2.51. The Morgan fingerprint density at radius 3 is 2.82 bits per heavy atom. The van der Waals surface area contributed by atoms with Crippen molar-refractivity contribution in [2.75, 3.05) is 11.9 Å². The molecule has 6 heteroatoms. The summed E-state index contributed by atoms with van der Waals surface area (Å²) in [6.07, 6.45) is -3.30. The summed E-state index contributed by atoms with van der Waals surface area (Å²) in [5, 5.41) is 1.81. The fourth-order valence-corrected chi connectivity index (χ4v) is 1.64. The second-order valence-corrected chi connectivity index (χ2v) is 3.73. The van der Waals surface area contributed by atoms with Gasteiger partial charge in [-0.25, -0.2) is 0 Å². The van der Waals surface area contributed by atoms with E-state index in [9.17, 15) is 18.0 Å². The molecule has 17 heavy (non-hydrogen) atoms. The summed E-state index contributed by atoms with van der Waals surface area (Å²) in [6, 6.07) is 4.48. The van der Waals surface area contributed by atoms with E-state index >= 15 is 0 Å². The Kier molecular flexibility index (Phi) is 2.95. The first kappa shape index (κ1) is 11.8. The molecule has 0 saturated carbocycles. The summed E-state index contributed by atoms with van der Waals surface area (Å²) in [4.78, 5) is 10.7. The second kappa shape index (κ2) is 4.27.